The SMILES string of the molecule is COc1cc2c(cc1OC)C[NH+](CC(=O)Nc1ccccc1-c1ccccc1)CC2. The summed E-state index contributed by atoms with van der Waals surface area (Å²) in [5.74, 6) is 1.52. The molecule has 3 aromatic carbocycles. The minimum Gasteiger partial charge on any atom is -0.493 e. The standard InChI is InChI=1S/C25H26N2O3/c1-29-23-14-19-12-13-27(16-20(19)15-24(23)30-2)17-25(28)26-22-11-7-6-10-21(22)18-8-4-3-5-9-18/h3-11,14-15H,12-13,16-17H2,1-2H3,(H,26,28)/p+1. The monoisotopic (exact) mass is 403 g/mol. The van der Waals surface area contributed by atoms with Crippen molar-refractivity contribution in [3.05, 3.63) is 77.9 Å². The van der Waals surface area contributed by atoms with Crippen molar-refractivity contribution >= 4 is 11.6 Å². The maximum absolute atomic E-state index is 12.8. The van der Waals surface area contributed by atoms with Gasteiger partial charge in [0.1, 0.15) is 6.54 Å². The summed E-state index contributed by atoms with van der Waals surface area (Å²) in [6, 6.07) is 22.1. The summed E-state index contributed by atoms with van der Waals surface area (Å²) in [5.41, 5.74) is 5.45. The van der Waals surface area contributed by atoms with Crippen molar-refractivity contribution in [2.24, 2.45) is 0 Å². The average Bonchev–Trinajstić information content (AvgIpc) is 2.79. The number of ether oxygens (including phenoxy) is 2. The number of amides is 1. The minimum atomic E-state index is 0.0253. The Balaban J connectivity index is 1.45. The number of benzene rings is 3. The van der Waals surface area contributed by atoms with Crippen LogP contribution >= 0.6 is 0 Å². The van der Waals surface area contributed by atoms with Crippen LogP contribution in [0.2, 0.25) is 0 Å². The first kappa shape index (κ1) is 20.0. The number of carbonyl (C=O) groups is 1. The van der Waals surface area contributed by atoms with E-state index in [1.165, 1.54) is 16.0 Å². The third kappa shape index (κ3) is 4.31. The molecular formula is C25H27N2O3+. The second-order valence-electron chi connectivity index (χ2n) is 7.54. The molecule has 2 N–H and O–H groups in total. The van der Waals surface area contributed by atoms with Crippen LogP contribution < -0.4 is 19.7 Å². The fourth-order valence-corrected chi connectivity index (χ4v) is 4.06. The van der Waals surface area contributed by atoms with Crippen LogP contribution in [0.5, 0.6) is 11.5 Å². The molecular weight excluding hydrogens is 376 g/mol. The maximum Gasteiger partial charge on any atom is 0.279 e. The summed E-state index contributed by atoms with van der Waals surface area (Å²) in [6.07, 6.45) is 0.916. The number of para-hydroxylation sites is 1. The van der Waals surface area contributed by atoms with Gasteiger partial charge in [0.25, 0.3) is 5.91 Å². The van der Waals surface area contributed by atoms with Crippen LogP contribution in [0, 0.1) is 0 Å². The molecule has 5 nitrogen and oxygen atoms in total. The zero-order valence-corrected chi connectivity index (χ0v) is 17.4. The van der Waals surface area contributed by atoms with Crippen molar-refractivity contribution in [2.45, 2.75) is 13.0 Å². The molecule has 1 amide bonds. The highest BCUT2D eigenvalue weighted by molar-refractivity contribution is 5.96. The fourth-order valence-electron chi connectivity index (χ4n) is 4.06. The Morgan fingerprint density at radius 3 is 2.33 bits per heavy atom. The molecule has 0 spiro atoms. The van der Waals surface area contributed by atoms with Crippen LogP contribution in [0.15, 0.2) is 66.7 Å². The third-order valence-corrected chi connectivity index (χ3v) is 5.59. The van der Waals surface area contributed by atoms with Crippen LogP contribution in [0.4, 0.5) is 5.69 Å². The predicted octanol–water partition coefficient (Wildman–Crippen LogP) is 2.95. The summed E-state index contributed by atoms with van der Waals surface area (Å²) in [5, 5.41) is 3.12. The van der Waals surface area contributed by atoms with E-state index in [4.69, 9.17) is 9.47 Å². The van der Waals surface area contributed by atoms with E-state index in [1.807, 2.05) is 48.5 Å². The summed E-state index contributed by atoms with van der Waals surface area (Å²) < 4.78 is 10.9. The number of nitrogens with one attached hydrogen (secondary N) is 2. The molecule has 0 saturated heterocycles. The Bertz CT molecular complexity index is 1030. The van der Waals surface area contributed by atoms with Gasteiger partial charge in [-0.1, -0.05) is 48.5 Å². The Labute approximate surface area is 177 Å². The number of methoxy groups -OCH3 is 2. The van der Waals surface area contributed by atoms with Gasteiger partial charge in [0.2, 0.25) is 0 Å². The van der Waals surface area contributed by atoms with Crippen molar-refractivity contribution < 1.29 is 19.2 Å². The number of hydrogen-bond acceptors (Lipinski definition) is 3. The number of anilines is 1. The van der Waals surface area contributed by atoms with Gasteiger partial charge in [-0.2, -0.15) is 0 Å². The van der Waals surface area contributed by atoms with Crippen LogP contribution in [0.1, 0.15) is 11.1 Å². The van der Waals surface area contributed by atoms with E-state index in [-0.39, 0.29) is 5.91 Å². The molecule has 5 heteroatoms. The smallest absolute Gasteiger partial charge is 0.279 e. The Kier molecular flexibility index (Phi) is 6.00. The molecule has 0 bridgehead atoms. The lowest BCUT2D eigenvalue weighted by Gasteiger charge is -2.26. The maximum atomic E-state index is 12.8. The first-order valence-electron chi connectivity index (χ1n) is 10.2. The van der Waals surface area contributed by atoms with E-state index in [9.17, 15) is 4.79 Å². The van der Waals surface area contributed by atoms with Gasteiger partial charge >= 0.3 is 0 Å². The zero-order valence-electron chi connectivity index (χ0n) is 17.4. The van der Waals surface area contributed by atoms with Gasteiger partial charge in [-0.05, 0) is 29.3 Å². The van der Waals surface area contributed by atoms with E-state index in [0.29, 0.717) is 6.54 Å². The summed E-state index contributed by atoms with van der Waals surface area (Å²) in [4.78, 5) is 14.1. The van der Waals surface area contributed by atoms with Gasteiger partial charge in [-0.15, -0.1) is 0 Å². The van der Waals surface area contributed by atoms with Crippen LogP contribution in [0.3, 0.4) is 0 Å². The van der Waals surface area contributed by atoms with Crippen molar-refractivity contribution in [1.82, 2.24) is 0 Å². The van der Waals surface area contributed by atoms with E-state index < -0.39 is 0 Å². The number of quaternary nitrogens is 1. The van der Waals surface area contributed by atoms with E-state index in [2.05, 4.69) is 23.5 Å². The molecule has 0 aromatic heterocycles. The van der Waals surface area contributed by atoms with Crippen LogP contribution in [-0.2, 0) is 17.8 Å². The Morgan fingerprint density at radius 1 is 0.933 bits per heavy atom. The lowest BCUT2D eigenvalue weighted by molar-refractivity contribution is -0.907. The van der Waals surface area contributed by atoms with Gasteiger partial charge in [0, 0.05) is 23.2 Å². The van der Waals surface area contributed by atoms with Gasteiger partial charge in [-0.25, -0.2) is 0 Å². The first-order valence-corrected chi connectivity index (χ1v) is 10.2. The van der Waals surface area contributed by atoms with E-state index >= 15 is 0 Å². The molecule has 1 heterocycles. The molecule has 4 rings (SSSR count). The van der Waals surface area contributed by atoms with Crippen LogP contribution in [0.25, 0.3) is 11.1 Å². The third-order valence-electron chi connectivity index (χ3n) is 5.59. The van der Waals surface area contributed by atoms with Crippen LogP contribution in [-0.4, -0.2) is 33.2 Å². The highest BCUT2D eigenvalue weighted by Crippen LogP contribution is 2.31. The fraction of sp³-hybridized carbons (Fsp3) is 0.240. The molecule has 0 fully saturated rings. The lowest BCUT2D eigenvalue weighted by Crippen LogP contribution is -3.12. The molecule has 1 aliphatic rings. The average molecular weight is 404 g/mol. The van der Waals surface area contributed by atoms with E-state index in [0.717, 1.165) is 47.8 Å². The van der Waals surface area contributed by atoms with Gasteiger partial charge in [0.05, 0.1) is 20.8 Å². The molecule has 1 atom stereocenters. The number of hydrogen-bond donors (Lipinski definition) is 2. The summed E-state index contributed by atoms with van der Waals surface area (Å²) >= 11 is 0. The van der Waals surface area contributed by atoms with Gasteiger partial charge < -0.3 is 19.7 Å². The number of rotatable bonds is 6. The molecule has 0 aliphatic carbocycles. The number of fused-ring (bicyclic) bond motifs is 1. The van der Waals surface area contributed by atoms with Crippen molar-refractivity contribution in [3.8, 4) is 22.6 Å². The Hall–Kier alpha value is -3.31. The normalized spacial score (nSPS) is 15.2. The second kappa shape index (κ2) is 9.01. The van der Waals surface area contributed by atoms with Crippen molar-refractivity contribution in [1.29, 1.82) is 0 Å². The zero-order chi connectivity index (χ0) is 20.9. The molecule has 154 valence electrons. The number of carbonyl (C=O) groups excluding carboxylic acids is 1. The summed E-state index contributed by atoms with van der Waals surface area (Å²) in [6.45, 7) is 2.14. The highest BCUT2D eigenvalue weighted by Gasteiger charge is 2.24. The Morgan fingerprint density at radius 2 is 1.60 bits per heavy atom. The molecule has 0 saturated carbocycles. The van der Waals surface area contributed by atoms with Gasteiger partial charge in [0.15, 0.2) is 18.0 Å². The van der Waals surface area contributed by atoms with Crippen molar-refractivity contribution in [3.63, 3.8) is 0 Å². The first-order chi connectivity index (χ1) is 14.7. The van der Waals surface area contributed by atoms with Gasteiger partial charge in [-0.3, -0.25) is 4.79 Å². The minimum absolute atomic E-state index is 0.0253. The molecule has 1 aliphatic heterocycles. The second-order valence-corrected chi connectivity index (χ2v) is 7.54. The molecule has 0 radical (unpaired) electrons. The van der Waals surface area contributed by atoms with Crippen molar-refractivity contribution in [2.75, 3.05) is 32.6 Å². The topological polar surface area (TPSA) is 52.0 Å². The lowest BCUT2D eigenvalue weighted by atomic mass is 9.98. The summed E-state index contributed by atoms with van der Waals surface area (Å²) in [7, 11) is 3.30. The predicted molar refractivity (Wildman–Crippen MR) is 118 cm³/mol. The molecule has 30 heavy (non-hydrogen) atoms. The quantitative estimate of drug-likeness (QED) is 0.665. The van der Waals surface area contributed by atoms with E-state index in [1.54, 1.807) is 14.2 Å². The molecule has 1 unspecified atom stereocenters. The highest BCUT2D eigenvalue weighted by atomic mass is 16.5. The largest absolute Gasteiger partial charge is 0.493 e. The molecule has 3 aromatic rings.